The lowest BCUT2D eigenvalue weighted by Crippen LogP contribution is -2.30. The maximum atomic E-state index is 12.5. The fraction of sp³-hybridized carbons (Fsp3) is 0.286. The maximum absolute atomic E-state index is 12.5. The first-order valence-electron chi connectivity index (χ1n) is 9.11. The molecule has 166 valence electrons. The molecule has 2 aromatic rings. The molecule has 10 heteroatoms. The average Bonchev–Trinajstić information content (AvgIpc) is 2.72. The Morgan fingerprint density at radius 1 is 1.10 bits per heavy atom. The molecule has 2 rings (SSSR count). The molecular formula is C21H23ClN2O7. The highest BCUT2D eigenvalue weighted by Gasteiger charge is 2.23. The zero-order chi connectivity index (χ0) is 23.1. The SMILES string of the molecule is COc1ccc(C)cc1NC(=O)C(C)OC(=O)c1cc(Cl)c(OCC(N)=O)c(OC)c1. The van der Waals surface area contributed by atoms with E-state index in [1.54, 1.807) is 12.1 Å². The number of hydrogen-bond acceptors (Lipinski definition) is 7. The van der Waals surface area contributed by atoms with Crippen molar-refractivity contribution in [1.82, 2.24) is 0 Å². The highest BCUT2D eigenvalue weighted by atomic mass is 35.5. The Morgan fingerprint density at radius 3 is 2.39 bits per heavy atom. The summed E-state index contributed by atoms with van der Waals surface area (Å²) >= 11 is 6.14. The molecular weight excluding hydrogens is 428 g/mol. The van der Waals surface area contributed by atoms with Crippen LogP contribution in [-0.4, -0.2) is 44.7 Å². The van der Waals surface area contributed by atoms with E-state index in [-0.39, 0.29) is 22.1 Å². The summed E-state index contributed by atoms with van der Waals surface area (Å²) in [6, 6.07) is 7.89. The predicted octanol–water partition coefficient (Wildman–Crippen LogP) is 2.71. The van der Waals surface area contributed by atoms with Crippen LogP contribution >= 0.6 is 11.6 Å². The van der Waals surface area contributed by atoms with Gasteiger partial charge in [-0.3, -0.25) is 9.59 Å². The molecule has 0 bridgehead atoms. The van der Waals surface area contributed by atoms with Crippen LogP contribution in [0.5, 0.6) is 17.2 Å². The van der Waals surface area contributed by atoms with Crippen LogP contribution in [0, 0.1) is 6.92 Å². The molecule has 9 nitrogen and oxygen atoms in total. The van der Waals surface area contributed by atoms with Crippen molar-refractivity contribution < 1.29 is 33.3 Å². The van der Waals surface area contributed by atoms with Gasteiger partial charge in [-0.2, -0.15) is 0 Å². The van der Waals surface area contributed by atoms with Crippen LogP contribution < -0.4 is 25.3 Å². The van der Waals surface area contributed by atoms with E-state index in [1.165, 1.54) is 33.3 Å². The highest BCUT2D eigenvalue weighted by molar-refractivity contribution is 6.32. The third-order valence-electron chi connectivity index (χ3n) is 4.09. The molecule has 3 N–H and O–H groups in total. The third kappa shape index (κ3) is 6.26. The van der Waals surface area contributed by atoms with Crippen LogP contribution in [0.25, 0.3) is 0 Å². The Bertz CT molecular complexity index is 994. The van der Waals surface area contributed by atoms with Crippen LogP contribution in [0.15, 0.2) is 30.3 Å². The summed E-state index contributed by atoms with van der Waals surface area (Å²) in [6.07, 6.45) is -1.12. The first-order valence-corrected chi connectivity index (χ1v) is 9.49. The second-order valence-corrected chi connectivity index (χ2v) is 6.89. The molecule has 0 aliphatic heterocycles. The summed E-state index contributed by atoms with van der Waals surface area (Å²) in [6.45, 7) is 2.88. The number of primary amides is 1. The lowest BCUT2D eigenvalue weighted by molar-refractivity contribution is -0.123. The number of benzene rings is 2. The van der Waals surface area contributed by atoms with Crippen LogP contribution in [0.2, 0.25) is 5.02 Å². The molecule has 0 aromatic heterocycles. The van der Waals surface area contributed by atoms with E-state index >= 15 is 0 Å². The molecule has 1 atom stereocenters. The molecule has 0 aliphatic carbocycles. The number of anilines is 1. The minimum Gasteiger partial charge on any atom is -0.495 e. The number of halogens is 1. The monoisotopic (exact) mass is 450 g/mol. The number of methoxy groups -OCH3 is 2. The zero-order valence-corrected chi connectivity index (χ0v) is 18.2. The van der Waals surface area contributed by atoms with E-state index in [1.807, 2.05) is 13.0 Å². The Labute approximate surface area is 184 Å². The van der Waals surface area contributed by atoms with Gasteiger partial charge in [-0.05, 0) is 43.7 Å². The minimum atomic E-state index is -1.12. The topological polar surface area (TPSA) is 126 Å². The highest BCUT2D eigenvalue weighted by Crippen LogP contribution is 2.36. The molecule has 0 aliphatic rings. The van der Waals surface area contributed by atoms with Gasteiger partial charge in [0.15, 0.2) is 24.2 Å². The number of aryl methyl sites for hydroxylation is 1. The Morgan fingerprint density at radius 2 is 1.77 bits per heavy atom. The van der Waals surface area contributed by atoms with E-state index in [2.05, 4.69) is 5.32 Å². The molecule has 2 aromatic carbocycles. The average molecular weight is 451 g/mol. The minimum absolute atomic E-state index is 0.00847. The van der Waals surface area contributed by atoms with Crippen LogP contribution in [0.3, 0.4) is 0 Å². The number of hydrogen-bond donors (Lipinski definition) is 2. The van der Waals surface area contributed by atoms with E-state index in [0.29, 0.717) is 11.4 Å². The summed E-state index contributed by atoms with van der Waals surface area (Å²) in [4.78, 5) is 36.0. The van der Waals surface area contributed by atoms with E-state index in [9.17, 15) is 14.4 Å². The quantitative estimate of drug-likeness (QED) is 0.562. The molecule has 0 spiro atoms. The van der Waals surface area contributed by atoms with Crippen LogP contribution in [-0.2, 0) is 14.3 Å². The fourth-order valence-electron chi connectivity index (χ4n) is 2.56. The van der Waals surface area contributed by atoms with Crippen LogP contribution in [0.4, 0.5) is 5.69 Å². The second kappa shape index (κ2) is 10.5. The van der Waals surface area contributed by atoms with Crippen molar-refractivity contribution in [3.05, 3.63) is 46.5 Å². The standard InChI is InChI=1S/C21H23ClN2O7/c1-11-5-6-16(28-3)15(7-11)24-20(26)12(2)31-21(27)13-8-14(22)19(17(9-13)29-4)30-10-18(23)25/h5-9,12H,10H2,1-4H3,(H2,23,25)(H,24,26). The van der Waals surface area contributed by atoms with Gasteiger partial charge < -0.3 is 30.0 Å². The number of nitrogens with two attached hydrogens (primary N) is 1. The van der Waals surface area contributed by atoms with Gasteiger partial charge >= 0.3 is 5.97 Å². The van der Waals surface area contributed by atoms with E-state index < -0.39 is 30.5 Å². The Hall–Kier alpha value is -3.46. The summed E-state index contributed by atoms with van der Waals surface area (Å²) in [5, 5.41) is 2.68. The van der Waals surface area contributed by atoms with Crippen molar-refractivity contribution in [3.63, 3.8) is 0 Å². The van der Waals surface area contributed by atoms with Gasteiger partial charge in [-0.1, -0.05) is 17.7 Å². The molecule has 1 unspecified atom stereocenters. The number of ether oxygens (including phenoxy) is 4. The number of nitrogens with one attached hydrogen (secondary N) is 1. The summed E-state index contributed by atoms with van der Waals surface area (Å²) in [5.74, 6) is -1.43. The molecule has 0 fully saturated rings. The van der Waals surface area contributed by atoms with Gasteiger partial charge in [0.1, 0.15) is 5.75 Å². The number of carbonyl (C=O) groups excluding carboxylic acids is 3. The molecule has 31 heavy (non-hydrogen) atoms. The molecule has 0 radical (unpaired) electrons. The van der Waals surface area contributed by atoms with E-state index in [4.69, 9.17) is 36.3 Å². The summed E-state index contributed by atoms with van der Waals surface area (Å²) in [7, 11) is 2.82. The molecule has 0 saturated heterocycles. The van der Waals surface area contributed by atoms with E-state index in [0.717, 1.165) is 5.56 Å². The van der Waals surface area contributed by atoms with Gasteiger partial charge in [-0.25, -0.2) is 4.79 Å². The molecule has 2 amide bonds. The van der Waals surface area contributed by atoms with Gasteiger partial charge in [0.05, 0.1) is 30.5 Å². The summed E-state index contributed by atoms with van der Waals surface area (Å²) < 4.78 is 20.8. The normalized spacial score (nSPS) is 11.3. The van der Waals surface area contributed by atoms with Gasteiger partial charge in [0.2, 0.25) is 0 Å². The first kappa shape index (κ1) is 23.8. The predicted molar refractivity (Wildman–Crippen MR) is 114 cm³/mol. The number of carbonyl (C=O) groups is 3. The largest absolute Gasteiger partial charge is 0.495 e. The zero-order valence-electron chi connectivity index (χ0n) is 17.5. The smallest absolute Gasteiger partial charge is 0.339 e. The Kier molecular flexibility index (Phi) is 8.09. The van der Waals surface area contributed by atoms with Crippen molar-refractivity contribution in [2.45, 2.75) is 20.0 Å². The van der Waals surface area contributed by atoms with Gasteiger partial charge in [-0.15, -0.1) is 0 Å². The van der Waals surface area contributed by atoms with Gasteiger partial charge in [0, 0.05) is 0 Å². The number of rotatable bonds is 9. The maximum Gasteiger partial charge on any atom is 0.339 e. The lowest BCUT2D eigenvalue weighted by Gasteiger charge is -2.17. The van der Waals surface area contributed by atoms with Crippen molar-refractivity contribution in [2.24, 2.45) is 5.73 Å². The fourth-order valence-corrected chi connectivity index (χ4v) is 2.82. The second-order valence-electron chi connectivity index (χ2n) is 6.48. The number of esters is 1. The first-order chi connectivity index (χ1) is 14.7. The lowest BCUT2D eigenvalue weighted by atomic mass is 10.2. The van der Waals surface area contributed by atoms with Crippen molar-refractivity contribution in [1.29, 1.82) is 0 Å². The summed E-state index contributed by atoms with van der Waals surface area (Å²) in [5.41, 5.74) is 6.46. The third-order valence-corrected chi connectivity index (χ3v) is 4.37. The Balaban J connectivity index is 2.13. The van der Waals surface area contributed by atoms with Crippen molar-refractivity contribution >= 4 is 35.1 Å². The van der Waals surface area contributed by atoms with Gasteiger partial charge in [0.25, 0.3) is 11.8 Å². The number of amides is 2. The van der Waals surface area contributed by atoms with Crippen molar-refractivity contribution in [2.75, 3.05) is 26.1 Å². The van der Waals surface area contributed by atoms with Crippen molar-refractivity contribution in [3.8, 4) is 17.2 Å². The van der Waals surface area contributed by atoms with Crippen LogP contribution in [0.1, 0.15) is 22.8 Å². The molecule has 0 heterocycles. The molecule has 0 saturated carbocycles.